The first-order valence-corrected chi connectivity index (χ1v) is 5.41. The van der Waals surface area contributed by atoms with E-state index in [1.165, 1.54) is 24.4 Å². The van der Waals surface area contributed by atoms with Crippen LogP contribution in [0.2, 0.25) is 0 Å². The van der Waals surface area contributed by atoms with Crippen molar-refractivity contribution >= 4 is 17.6 Å². The van der Waals surface area contributed by atoms with Crippen LogP contribution in [-0.4, -0.2) is 32.3 Å². The van der Waals surface area contributed by atoms with Gasteiger partial charge in [-0.1, -0.05) is 6.07 Å². The number of carboxylic acid groups (broad SMARTS) is 1. The first-order valence-electron chi connectivity index (χ1n) is 5.41. The number of aromatic carboxylic acids is 1. The minimum absolute atomic E-state index is 0.0523. The zero-order chi connectivity index (χ0) is 13.8. The van der Waals surface area contributed by atoms with Crippen LogP contribution < -0.4 is 5.32 Å². The Morgan fingerprint density at radius 1 is 1.32 bits per heavy atom. The minimum atomic E-state index is -1.26. The lowest BCUT2D eigenvalue weighted by atomic mass is 10.1. The number of aromatic amines is 1. The fraction of sp³-hybridized carbons (Fsp3) is 0.0833. The van der Waals surface area contributed by atoms with Crippen LogP contribution in [0.5, 0.6) is 5.75 Å². The highest BCUT2D eigenvalue weighted by Crippen LogP contribution is 2.27. The summed E-state index contributed by atoms with van der Waals surface area (Å²) in [6, 6.07) is 5.76. The smallest absolute Gasteiger partial charge is 0.339 e. The molecule has 1 heterocycles. The van der Waals surface area contributed by atoms with Gasteiger partial charge in [-0.25, -0.2) is 4.79 Å². The molecule has 4 N–H and O–H groups in total. The van der Waals surface area contributed by atoms with Crippen molar-refractivity contribution in [1.82, 2.24) is 10.2 Å². The van der Waals surface area contributed by atoms with E-state index in [1.807, 2.05) is 0 Å². The lowest BCUT2D eigenvalue weighted by molar-refractivity contribution is -0.115. The zero-order valence-electron chi connectivity index (χ0n) is 9.75. The Kier molecular flexibility index (Phi) is 3.46. The second-order valence-electron chi connectivity index (χ2n) is 3.81. The third-order valence-corrected chi connectivity index (χ3v) is 2.45. The number of carbonyl (C=O) groups excluding carboxylic acids is 1. The number of carboxylic acids is 1. The summed E-state index contributed by atoms with van der Waals surface area (Å²) in [6.45, 7) is 0. The molecule has 2 aromatic rings. The molecule has 19 heavy (non-hydrogen) atoms. The Morgan fingerprint density at radius 2 is 2.11 bits per heavy atom. The Labute approximate surface area is 107 Å². The van der Waals surface area contributed by atoms with Gasteiger partial charge in [-0.2, -0.15) is 5.10 Å². The average Bonchev–Trinajstić information content (AvgIpc) is 2.84. The summed E-state index contributed by atoms with van der Waals surface area (Å²) in [7, 11) is 0. The summed E-state index contributed by atoms with van der Waals surface area (Å²) in [6.07, 6.45) is 1.57. The Balaban J connectivity index is 2.13. The number of amides is 1. The molecule has 0 saturated heterocycles. The number of phenols is 1. The van der Waals surface area contributed by atoms with Crippen LogP contribution in [-0.2, 0) is 11.2 Å². The number of nitrogens with one attached hydrogen (secondary N) is 2. The van der Waals surface area contributed by atoms with Gasteiger partial charge in [-0.3, -0.25) is 9.89 Å². The molecule has 0 fully saturated rings. The largest absolute Gasteiger partial charge is 0.505 e. The SMILES string of the molecule is O=C(Cc1ccn[nH]1)Nc1cccc(C(=O)O)c1O. The number of para-hydroxylation sites is 1. The maximum Gasteiger partial charge on any atom is 0.339 e. The number of hydrogen-bond acceptors (Lipinski definition) is 4. The molecular formula is C12H11N3O4. The second kappa shape index (κ2) is 5.21. The molecule has 7 heteroatoms. The lowest BCUT2D eigenvalue weighted by Crippen LogP contribution is -2.15. The van der Waals surface area contributed by atoms with E-state index in [1.54, 1.807) is 6.07 Å². The Morgan fingerprint density at radius 3 is 2.74 bits per heavy atom. The predicted octanol–water partition coefficient (Wildman–Crippen LogP) is 0.995. The van der Waals surface area contributed by atoms with E-state index >= 15 is 0 Å². The molecule has 0 atom stereocenters. The molecule has 0 aliphatic carbocycles. The Bertz CT molecular complexity index is 607. The van der Waals surface area contributed by atoms with E-state index in [2.05, 4.69) is 15.5 Å². The standard InChI is InChI=1S/C12H11N3O4/c16-10(6-7-4-5-13-15-7)14-9-3-1-2-8(11(9)17)12(18)19/h1-5,17H,6H2,(H,13,15)(H,14,16)(H,18,19). The number of aromatic nitrogens is 2. The van der Waals surface area contributed by atoms with Gasteiger partial charge in [0, 0.05) is 11.9 Å². The monoisotopic (exact) mass is 261 g/mol. The number of nitrogens with zero attached hydrogens (tertiary/aromatic N) is 1. The van der Waals surface area contributed by atoms with Crippen LogP contribution in [0.15, 0.2) is 30.5 Å². The van der Waals surface area contributed by atoms with Gasteiger partial charge in [0.2, 0.25) is 5.91 Å². The number of H-pyrrole nitrogens is 1. The summed E-state index contributed by atoms with van der Waals surface area (Å²) in [5.74, 6) is -2.11. The fourth-order valence-electron chi connectivity index (χ4n) is 1.57. The van der Waals surface area contributed by atoms with Crippen molar-refractivity contribution < 1.29 is 19.8 Å². The molecule has 0 saturated carbocycles. The molecule has 0 spiro atoms. The third-order valence-electron chi connectivity index (χ3n) is 2.45. The molecule has 0 radical (unpaired) electrons. The summed E-state index contributed by atoms with van der Waals surface area (Å²) in [5.41, 5.74) is 0.412. The highest BCUT2D eigenvalue weighted by Gasteiger charge is 2.14. The van der Waals surface area contributed by atoms with E-state index in [4.69, 9.17) is 5.11 Å². The quantitative estimate of drug-likeness (QED) is 0.613. The number of benzene rings is 1. The van der Waals surface area contributed by atoms with Crippen molar-refractivity contribution in [2.24, 2.45) is 0 Å². The van der Waals surface area contributed by atoms with Gasteiger partial charge in [0.25, 0.3) is 0 Å². The van der Waals surface area contributed by atoms with Crippen LogP contribution in [0.25, 0.3) is 0 Å². The van der Waals surface area contributed by atoms with Gasteiger partial charge in [0.05, 0.1) is 12.1 Å². The van der Waals surface area contributed by atoms with Gasteiger partial charge in [-0.05, 0) is 18.2 Å². The highest BCUT2D eigenvalue weighted by atomic mass is 16.4. The number of hydrogen-bond donors (Lipinski definition) is 4. The number of aromatic hydroxyl groups is 1. The Hall–Kier alpha value is -2.83. The second-order valence-corrected chi connectivity index (χ2v) is 3.81. The summed E-state index contributed by atoms with van der Waals surface area (Å²) < 4.78 is 0. The lowest BCUT2D eigenvalue weighted by Gasteiger charge is -2.08. The summed E-state index contributed by atoms with van der Waals surface area (Å²) >= 11 is 0. The molecular weight excluding hydrogens is 250 g/mol. The summed E-state index contributed by atoms with van der Waals surface area (Å²) in [5, 5.41) is 27.3. The molecule has 0 aliphatic heterocycles. The van der Waals surface area contributed by atoms with E-state index in [-0.39, 0.29) is 23.6 Å². The van der Waals surface area contributed by atoms with Crippen LogP contribution in [0.1, 0.15) is 16.1 Å². The molecule has 98 valence electrons. The molecule has 1 aromatic carbocycles. The third kappa shape index (κ3) is 2.89. The number of rotatable bonds is 4. The molecule has 0 unspecified atom stereocenters. The van der Waals surface area contributed by atoms with Crippen molar-refractivity contribution in [3.63, 3.8) is 0 Å². The maximum atomic E-state index is 11.7. The molecule has 1 aromatic heterocycles. The minimum Gasteiger partial charge on any atom is -0.505 e. The van der Waals surface area contributed by atoms with E-state index in [0.29, 0.717) is 5.69 Å². The first-order chi connectivity index (χ1) is 9.08. The van der Waals surface area contributed by atoms with Crippen LogP contribution in [0, 0.1) is 0 Å². The highest BCUT2D eigenvalue weighted by molar-refractivity contribution is 5.98. The normalized spacial score (nSPS) is 10.1. The van der Waals surface area contributed by atoms with Crippen LogP contribution in [0.3, 0.4) is 0 Å². The van der Waals surface area contributed by atoms with Crippen molar-refractivity contribution in [3.05, 3.63) is 41.7 Å². The van der Waals surface area contributed by atoms with Gasteiger partial charge in [0.1, 0.15) is 5.56 Å². The maximum absolute atomic E-state index is 11.7. The fourth-order valence-corrected chi connectivity index (χ4v) is 1.57. The molecule has 0 aliphatic rings. The van der Waals surface area contributed by atoms with Gasteiger partial charge in [0.15, 0.2) is 5.75 Å². The predicted molar refractivity (Wildman–Crippen MR) is 66.0 cm³/mol. The average molecular weight is 261 g/mol. The van der Waals surface area contributed by atoms with E-state index in [9.17, 15) is 14.7 Å². The molecule has 0 bridgehead atoms. The number of carbonyl (C=O) groups is 2. The molecule has 7 nitrogen and oxygen atoms in total. The van der Waals surface area contributed by atoms with Gasteiger partial charge >= 0.3 is 5.97 Å². The van der Waals surface area contributed by atoms with Crippen LogP contribution >= 0.6 is 0 Å². The van der Waals surface area contributed by atoms with Crippen molar-refractivity contribution in [3.8, 4) is 5.75 Å². The topological polar surface area (TPSA) is 115 Å². The van der Waals surface area contributed by atoms with Crippen molar-refractivity contribution in [1.29, 1.82) is 0 Å². The zero-order valence-corrected chi connectivity index (χ0v) is 9.75. The van der Waals surface area contributed by atoms with Gasteiger partial charge in [-0.15, -0.1) is 0 Å². The number of anilines is 1. The molecule has 1 amide bonds. The van der Waals surface area contributed by atoms with Crippen molar-refractivity contribution in [2.75, 3.05) is 5.32 Å². The van der Waals surface area contributed by atoms with Crippen molar-refractivity contribution in [2.45, 2.75) is 6.42 Å². The first kappa shape index (κ1) is 12.6. The summed E-state index contributed by atoms with van der Waals surface area (Å²) in [4.78, 5) is 22.5. The van der Waals surface area contributed by atoms with Gasteiger partial charge < -0.3 is 15.5 Å². The van der Waals surface area contributed by atoms with E-state index in [0.717, 1.165) is 0 Å². The molecule has 2 rings (SSSR count). The van der Waals surface area contributed by atoms with E-state index < -0.39 is 11.7 Å². The van der Waals surface area contributed by atoms with Crippen LogP contribution in [0.4, 0.5) is 5.69 Å².